The summed E-state index contributed by atoms with van der Waals surface area (Å²) in [7, 11) is 1.60. The molecule has 3 aromatic rings. The molecule has 0 atom stereocenters. The Morgan fingerprint density at radius 2 is 1.94 bits per heavy atom. The number of amides is 1. The summed E-state index contributed by atoms with van der Waals surface area (Å²) in [6, 6.07) is 1.98. The average Bonchev–Trinajstić information content (AvgIpc) is 3.21. The number of thiazole rings is 1. The molecule has 0 aliphatic rings. The van der Waals surface area contributed by atoms with Crippen molar-refractivity contribution in [2.45, 2.75) is 41.5 Å². The van der Waals surface area contributed by atoms with Gasteiger partial charge in [0.05, 0.1) is 19.4 Å². The first kappa shape index (κ1) is 22.6. The quantitative estimate of drug-likeness (QED) is 0.409. The monoisotopic (exact) mass is 442 g/mol. The molecule has 1 amide bonds. The Kier molecular flexibility index (Phi) is 6.50. The molecule has 0 unspecified atom stereocenters. The minimum atomic E-state index is -0.441. The third-order valence-corrected chi connectivity index (χ3v) is 6.16. The number of esters is 1. The molecular weight excluding hydrogens is 416 g/mol. The number of benzene rings is 1. The second-order valence-corrected chi connectivity index (χ2v) is 8.21. The van der Waals surface area contributed by atoms with Gasteiger partial charge in [0.2, 0.25) is 5.91 Å². The van der Waals surface area contributed by atoms with E-state index in [2.05, 4.69) is 10.3 Å². The number of rotatable bonds is 6. The summed E-state index contributed by atoms with van der Waals surface area (Å²) < 4.78 is 16.5. The fourth-order valence-corrected chi connectivity index (χ4v) is 4.28. The summed E-state index contributed by atoms with van der Waals surface area (Å²) in [4.78, 5) is 29.2. The number of aryl methyl sites for hydroxylation is 4. The molecule has 0 aliphatic heterocycles. The van der Waals surface area contributed by atoms with Gasteiger partial charge in [-0.25, -0.2) is 9.78 Å². The molecule has 31 heavy (non-hydrogen) atoms. The highest BCUT2D eigenvalue weighted by Gasteiger charge is 2.20. The van der Waals surface area contributed by atoms with E-state index in [0.29, 0.717) is 21.5 Å². The minimum Gasteiger partial charge on any atom is -0.496 e. The summed E-state index contributed by atoms with van der Waals surface area (Å²) in [6.45, 7) is 11.5. The summed E-state index contributed by atoms with van der Waals surface area (Å²) in [6.07, 6.45) is 1.49. The molecule has 1 aromatic carbocycles. The molecule has 0 saturated carbocycles. The van der Waals surface area contributed by atoms with Crippen molar-refractivity contribution in [3.05, 3.63) is 45.2 Å². The molecule has 0 spiro atoms. The van der Waals surface area contributed by atoms with Crippen molar-refractivity contribution in [3.8, 4) is 5.75 Å². The normalized spacial score (nSPS) is 11.6. The maximum absolute atomic E-state index is 12.6. The molecule has 0 aliphatic carbocycles. The molecule has 0 fully saturated rings. The minimum absolute atomic E-state index is 0.279. The number of aromatic nitrogens is 1. The number of furan rings is 1. The Bertz CT molecular complexity index is 1200. The summed E-state index contributed by atoms with van der Waals surface area (Å²) in [5, 5.41) is 4.07. The van der Waals surface area contributed by atoms with Crippen molar-refractivity contribution >= 4 is 44.9 Å². The molecule has 0 saturated heterocycles. The van der Waals surface area contributed by atoms with E-state index in [1.807, 2.05) is 33.8 Å². The highest BCUT2D eigenvalue weighted by molar-refractivity contribution is 7.17. The number of methoxy groups -OCH3 is 1. The van der Waals surface area contributed by atoms with Gasteiger partial charge in [0.1, 0.15) is 22.0 Å². The maximum atomic E-state index is 12.6. The Morgan fingerprint density at radius 1 is 1.23 bits per heavy atom. The van der Waals surface area contributed by atoms with E-state index in [4.69, 9.17) is 13.9 Å². The lowest BCUT2D eigenvalue weighted by atomic mass is 9.98. The zero-order valence-electron chi connectivity index (χ0n) is 18.8. The lowest BCUT2D eigenvalue weighted by molar-refractivity contribution is -0.111. The SMILES string of the molecule is CCOC(=O)c1sc(NC(=O)/C=C(\C)c2cc3c(C)c(C)oc3c(C)c2OC)nc1C. The van der Waals surface area contributed by atoms with Crippen LogP contribution >= 0.6 is 11.3 Å². The van der Waals surface area contributed by atoms with Crippen molar-refractivity contribution in [3.63, 3.8) is 0 Å². The summed E-state index contributed by atoms with van der Waals surface area (Å²) in [5.41, 5.74) is 4.80. The maximum Gasteiger partial charge on any atom is 0.350 e. The van der Waals surface area contributed by atoms with Crippen LogP contribution in [0.15, 0.2) is 16.6 Å². The largest absolute Gasteiger partial charge is 0.496 e. The number of anilines is 1. The van der Waals surface area contributed by atoms with Crippen LogP contribution in [0.25, 0.3) is 16.5 Å². The first-order chi connectivity index (χ1) is 14.7. The predicted molar refractivity (Wildman–Crippen MR) is 122 cm³/mol. The first-order valence-corrected chi connectivity index (χ1v) is 10.7. The van der Waals surface area contributed by atoms with Gasteiger partial charge >= 0.3 is 5.97 Å². The summed E-state index contributed by atoms with van der Waals surface area (Å²) in [5.74, 6) is 0.733. The predicted octanol–water partition coefficient (Wildman–Crippen LogP) is 5.35. The highest BCUT2D eigenvalue weighted by atomic mass is 32.1. The molecule has 7 nitrogen and oxygen atoms in total. The number of carbonyl (C=O) groups excluding carboxylic acids is 2. The number of ether oxygens (including phenoxy) is 2. The standard InChI is InChI=1S/C23H26N2O5S/c1-8-29-22(27)21-14(5)24-23(31-21)25-18(26)9-11(2)16-10-17-12(3)15(6)30-20(17)13(4)19(16)28-7/h9-10H,8H2,1-7H3,(H,24,25,26)/b11-9+. The van der Waals surface area contributed by atoms with Gasteiger partial charge in [0, 0.05) is 22.6 Å². The number of carbonyl (C=O) groups is 2. The van der Waals surface area contributed by atoms with E-state index in [1.165, 1.54) is 6.08 Å². The Morgan fingerprint density at radius 3 is 2.58 bits per heavy atom. The fraction of sp³-hybridized carbons (Fsp3) is 0.348. The molecule has 2 heterocycles. The van der Waals surface area contributed by atoms with Crippen molar-refractivity contribution in [2.75, 3.05) is 19.0 Å². The van der Waals surface area contributed by atoms with Gasteiger partial charge in [-0.2, -0.15) is 0 Å². The number of nitrogens with zero attached hydrogens (tertiary/aromatic N) is 1. The first-order valence-electron chi connectivity index (χ1n) is 9.89. The molecule has 0 radical (unpaired) electrons. The Hall–Kier alpha value is -3.13. The second-order valence-electron chi connectivity index (χ2n) is 7.21. The van der Waals surface area contributed by atoms with Gasteiger partial charge < -0.3 is 13.9 Å². The molecule has 1 N–H and O–H groups in total. The van der Waals surface area contributed by atoms with E-state index in [1.54, 1.807) is 21.0 Å². The molecule has 8 heteroatoms. The van der Waals surface area contributed by atoms with Crippen molar-refractivity contribution in [1.82, 2.24) is 4.98 Å². The van der Waals surface area contributed by atoms with Gasteiger partial charge in [-0.3, -0.25) is 10.1 Å². The van der Waals surface area contributed by atoms with E-state index in [9.17, 15) is 9.59 Å². The van der Waals surface area contributed by atoms with E-state index in [0.717, 1.165) is 50.3 Å². The van der Waals surface area contributed by atoms with E-state index in [-0.39, 0.29) is 12.5 Å². The van der Waals surface area contributed by atoms with Crippen LogP contribution in [0.4, 0.5) is 5.13 Å². The van der Waals surface area contributed by atoms with E-state index < -0.39 is 5.97 Å². The van der Waals surface area contributed by atoms with Crippen LogP contribution in [-0.4, -0.2) is 30.6 Å². The molecule has 2 aromatic heterocycles. The van der Waals surface area contributed by atoms with Crippen LogP contribution in [0, 0.1) is 27.7 Å². The fourth-order valence-electron chi connectivity index (χ4n) is 3.42. The Labute approximate surface area is 185 Å². The van der Waals surface area contributed by atoms with Crippen LogP contribution in [0.5, 0.6) is 5.75 Å². The summed E-state index contributed by atoms with van der Waals surface area (Å²) >= 11 is 1.09. The smallest absolute Gasteiger partial charge is 0.350 e. The molecule has 164 valence electrons. The molecule has 0 bridgehead atoms. The van der Waals surface area contributed by atoms with Gasteiger partial charge in [-0.05, 0) is 58.7 Å². The van der Waals surface area contributed by atoms with Crippen molar-refractivity contribution in [2.24, 2.45) is 0 Å². The van der Waals surface area contributed by atoms with E-state index >= 15 is 0 Å². The molecular formula is C23H26N2O5S. The lowest BCUT2D eigenvalue weighted by Crippen LogP contribution is -2.08. The number of nitrogens with one attached hydrogen (secondary N) is 1. The van der Waals surface area contributed by atoms with Crippen LogP contribution in [0.3, 0.4) is 0 Å². The van der Waals surface area contributed by atoms with Crippen molar-refractivity contribution < 1.29 is 23.5 Å². The second kappa shape index (κ2) is 8.93. The van der Waals surface area contributed by atoms with Crippen LogP contribution in [-0.2, 0) is 9.53 Å². The van der Waals surface area contributed by atoms with Crippen molar-refractivity contribution in [1.29, 1.82) is 0 Å². The molecule has 3 rings (SSSR count). The zero-order valence-corrected chi connectivity index (χ0v) is 19.6. The van der Waals surface area contributed by atoms with Gasteiger partial charge in [0.15, 0.2) is 5.13 Å². The third-order valence-electron chi connectivity index (χ3n) is 5.11. The third kappa shape index (κ3) is 4.34. The van der Waals surface area contributed by atoms with Crippen LogP contribution in [0.2, 0.25) is 0 Å². The number of hydrogen-bond acceptors (Lipinski definition) is 7. The number of allylic oxidation sites excluding steroid dienone is 1. The van der Waals surface area contributed by atoms with Crippen LogP contribution < -0.4 is 10.1 Å². The number of fused-ring (bicyclic) bond motifs is 1. The number of hydrogen-bond donors (Lipinski definition) is 1. The Balaban J connectivity index is 1.92. The van der Waals surface area contributed by atoms with Gasteiger partial charge in [0.25, 0.3) is 0 Å². The topological polar surface area (TPSA) is 90.7 Å². The zero-order chi connectivity index (χ0) is 22.9. The average molecular weight is 443 g/mol. The highest BCUT2D eigenvalue weighted by Crippen LogP contribution is 2.38. The lowest BCUT2D eigenvalue weighted by Gasteiger charge is -2.13. The van der Waals surface area contributed by atoms with Gasteiger partial charge in [-0.15, -0.1) is 0 Å². The van der Waals surface area contributed by atoms with Gasteiger partial charge in [-0.1, -0.05) is 11.3 Å². The van der Waals surface area contributed by atoms with Crippen LogP contribution in [0.1, 0.15) is 51.7 Å².